The molecule has 5 heteroatoms. The lowest BCUT2D eigenvalue weighted by Gasteiger charge is -2.13. The molecule has 1 saturated carbocycles. The van der Waals surface area contributed by atoms with Crippen molar-refractivity contribution in [1.82, 2.24) is 10.3 Å². The summed E-state index contributed by atoms with van der Waals surface area (Å²) in [5, 5.41) is 15.5. The highest BCUT2D eigenvalue weighted by Gasteiger charge is 2.31. The molecule has 1 aromatic heterocycles. The summed E-state index contributed by atoms with van der Waals surface area (Å²) in [4.78, 5) is 16.6. The number of amides is 1. The molecule has 1 heterocycles. The summed E-state index contributed by atoms with van der Waals surface area (Å²) in [5.41, 5.74) is 2.02. The van der Waals surface area contributed by atoms with Crippen LogP contribution in [0.1, 0.15) is 24.3 Å². The van der Waals surface area contributed by atoms with Gasteiger partial charge in [0.15, 0.2) is 0 Å². The number of aromatic nitrogens is 1. The van der Waals surface area contributed by atoms with E-state index < -0.39 is 6.10 Å². The number of nitrogens with zero attached hydrogens (tertiary/aromatic N) is 1. The van der Waals surface area contributed by atoms with E-state index in [1.54, 1.807) is 11.3 Å². The van der Waals surface area contributed by atoms with Gasteiger partial charge in [-0.3, -0.25) is 4.79 Å². The van der Waals surface area contributed by atoms with Crippen LogP contribution in [-0.2, 0) is 11.3 Å². The van der Waals surface area contributed by atoms with Crippen LogP contribution in [0.25, 0.3) is 11.3 Å². The van der Waals surface area contributed by atoms with E-state index in [9.17, 15) is 9.90 Å². The molecule has 1 amide bonds. The Morgan fingerprint density at radius 1 is 1.33 bits per heavy atom. The van der Waals surface area contributed by atoms with E-state index in [1.807, 2.05) is 35.7 Å². The van der Waals surface area contributed by atoms with Crippen LogP contribution in [0.15, 0.2) is 35.7 Å². The number of carbonyl (C=O) groups excluding carboxylic acids is 1. The number of aliphatic hydroxyl groups excluding tert-OH is 1. The lowest BCUT2D eigenvalue weighted by atomic mass is 10.1. The molecule has 0 bridgehead atoms. The van der Waals surface area contributed by atoms with E-state index in [-0.39, 0.29) is 11.8 Å². The van der Waals surface area contributed by atoms with E-state index >= 15 is 0 Å². The molecule has 0 spiro atoms. The molecule has 1 fully saturated rings. The van der Waals surface area contributed by atoms with Gasteiger partial charge in [-0.05, 0) is 19.3 Å². The number of hydrogen-bond donors (Lipinski definition) is 2. The summed E-state index contributed by atoms with van der Waals surface area (Å²) >= 11 is 1.54. The van der Waals surface area contributed by atoms with Crippen LogP contribution in [0.3, 0.4) is 0 Å². The Bertz CT molecular complexity index is 612. The Morgan fingerprint density at radius 2 is 2.14 bits per heavy atom. The van der Waals surface area contributed by atoms with Crippen LogP contribution in [0.2, 0.25) is 0 Å². The Kier molecular flexibility index (Phi) is 4.31. The summed E-state index contributed by atoms with van der Waals surface area (Å²) in [7, 11) is 0. The molecule has 21 heavy (non-hydrogen) atoms. The van der Waals surface area contributed by atoms with Gasteiger partial charge in [0, 0.05) is 10.9 Å². The molecule has 1 aromatic carbocycles. The molecule has 0 saturated heterocycles. The molecular weight excluding hydrogens is 284 g/mol. The maximum Gasteiger partial charge on any atom is 0.226 e. The molecule has 110 valence electrons. The summed E-state index contributed by atoms with van der Waals surface area (Å²) < 4.78 is 0. The quantitative estimate of drug-likeness (QED) is 0.912. The summed E-state index contributed by atoms with van der Waals surface area (Å²) in [6.45, 7) is 0.430. The third-order valence-corrected chi connectivity index (χ3v) is 4.70. The molecule has 1 aliphatic rings. The van der Waals surface area contributed by atoms with Gasteiger partial charge in [-0.2, -0.15) is 0 Å². The number of thiazole rings is 1. The third kappa shape index (κ3) is 3.31. The first-order valence-electron chi connectivity index (χ1n) is 7.19. The summed E-state index contributed by atoms with van der Waals surface area (Å²) in [6.07, 6.45) is 1.95. The van der Waals surface area contributed by atoms with Gasteiger partial charge < -0.3 is 10.4 Å². The van der Waals surface area contributed by atoms with Crippen molar-refractivity contribution in [3.8, 4) is 11.3 Å². The molecule has 2 atom stereocenters. The van der Waals surface area contributed by atoms with Crippen LogP contribution in [-0.4, -0.2) is 22.1 Å². The van der Waals surface area contributed by atoms with Gasteiger partial charge in [0.2, 0.25) is 5.91 Å². The lowest BCUT2D eigenvalue weighted by Crippen LogP contribution is -2.34. The van der Waals surface area contributed by atoms with Gasteiger partial charge in [-0.15, -0.1) is 11.3 Å². The first-order valence-corrected chi connectivity index (χ1v) is 8.07. The predicted molar refractivity (Wildman–Crippen MR) is 82.7 cm³/mol. The lowest BCUT2D eigenvalue weighted by molar-refractivity contribution is -0.127. The van der Waals surface area contributed by atoms with Crippen LogP contribution >= 0.6 is 11.3 Å². The fourth-order valence-corrected chi connectivity index (χ4v) is 3.42. The van der Waals surface area contributed by atoms with Crippen LogP contribution in [0.5, 0.6) is 0 Å². The zero-order valence-corrected chi connectivity index (χ0v) is 12.5. The zero-order chi connectivity index (χ0) is 14.7. The van der Waals surface area contributed by atoms with Crippen LogP contribution in [0, 0.1) is 5.92 Å². The summed E-state index contributed by atoms with van der Waals surface area (Å²) in [5.74, 6) is -0.310. The Balaban J connectivity index is 1.59. The van der Waals surface area contributed by atoms with E-state index in [2.05, 4.69) is 10.3 Å². The van der Waals surface area contributed by atoms with E-state index in [0.717, 1.165) is 35.5 Å². The zero-order valence-electron chi connectivity index (χ0n) is 11.7. The fourth-order valence-electron chi connectivity index (χ4n) is 2.67. The highest BCUT2D eigenvalue weighted by atomic mass is 32.1. The summed E-state index contributed by atoms with van der Waals surface area (Å²) in [6, 6.07) is 9.98. The Morgan fingerprint density at radius 3 is 2.86 bits per heavy atom. The number of hydrogen-bond acceptors (Lipinski definition) is 4. The topological polar surface area (TPSA) is 62.2 Å². The average Bonchev–Trinajstić information content (AvgIpc) is 3.15. The Hall–Kier alpha value is -1.72. The van der Waals surface area contributed by atoms with Gasteiger partial charge >= 0.3 is 0 Å². The monoisotopic (exact) mass is 302 g/mol. The van der Waals surface area contributed by atoms with Gasteiger partial charge in [0.1, 0.15) is 5.01 Å². The second-order valence-electron chi connectivity index (χ2n) is 5.32. The van der Waals surface area contributed by atoms with Crippen molar-refractivity contribution in [3.63, 3.8) is 0 Å². The molecule has 4 nitrogen and oxygen atoms in total. The standard InChI is InChI=1S/C16H18N2O2S/c19-14-8-4-7-12(14)16(20)17-9-15-18-13(10-21-15)11-5-2-1-3-6-11/h1-3,5-6,10,12,14,19H,4,7-9H2,(H,17,20). The largest absolute Gasteiger partial charge is 0.392 e. The highest BCUT2D eigenvalue weighted by Crippen LogP contribution is 2.26. The molecule has 0 radical (unpaired) electrons. The Labute approximate surface area is 127 Å². The number of carbonyl (C=O) groups is 1. The van der Waals surface area contributed by atoms with Gasteiger partial charge in [0.25, 0.3) is 0 Å². The second kappa shape index (κ2) is 6.37. The number of nitrogens with one attached hydrogen (secondary N) is 1. The maximum atomic E-state index is 12.0. The minimum atomic E-state index is -0.485. The van der Waals surface area contributed by atoms with Crippen LogP contribution < -0.4 is 5.32 Å². The van der Waals surface area contributed by atoms with Gasteiger partial charge in [0.05, 0.1) is 24.3 Å². The van der Waals surface area contributed by atoms with Crippen molar-refractivity contribution in [2.45, 2.75) is 31.9 Å². The van der Waals surface area contributed by atoms with Gasteiger partial charge in [-0.1, -0.05) is 30.3 Å². The third-order valence-electron chi connectivity index (χ3n) is 3.85. The fraction of sp³-hybridized carbons (Fsp3) is 0.375. The second-order valence-corrected chi connectivity index (χ2v) is 6.26. The van der Waals surface area contributed by atoms with Crippen molar-refractivity contribution in [2.24, 2.45) is 5.92 Å². The minimum absolute atomic E-state index is 0.0588. The number of benzene rings is 1. The average molecular weight is 302 g/mol. The molecule has 0 aliphatic heterocycles. The smallest absolute Gasteiger partial charge is 0.226 e. The number of rotatable bonds is 4. The van der Waals surface area contributed by atoms with Crippen molar-refractivity contribution >= 4 is 17.2 Å². The van der Waals surface area contributed by atoms with E-state index in [4.69, 9.17) is 0 Å². The first-order chi connectivity index (χ1) is 10.2. The molecule has 2 N–H and O–H groups in total. The molecule has 2 aromatic rings. The first kappa shape index (κ1) is 14.2. The normalized spacial score (nSPS) is 21.4. The van der Waals surface area contributed by atoms with E-state index in [0.29, 0.717) is 6.54 Å². The SMILES string of the molecule is O=C(NCc1nc(-c2ccccc2)cs1)C1CCCC1O. The number of aliphatic hydroxyl groups is 1. The van der Waals surface area contributed by atoms with Crippen molar-refractivity contribution < 1.29 is 9.90 Å². The van der Waals surface area contributed by atoms with E-state index in [1.165, 1.54) is 0 Å². The molecular formula is C16H18N2O2S. The van der Waals surface area contributed by atoms with Crippen molar-refractivity contribution in [1.29, 1.82) is 0 Å². The predicted octanol–water partition coefficient (Wildman–Crippen LogP) is 2.59. The highest BCUT2D eigenvalue weighted by molar-refractivity contribution is 7.09. The minimum Gasteiger partial charge on any atom is -0.392 e. The van der Waals surface area contributed by atoms with Crippen molar-refractivity contribution in [2.75, 3.05) is 0 Å². The van der Waals surface area contributed by atoms with Crippen LogP contribution in [0.4, 0.5) is 0 Å². The maximum absolute atomic E-state index is 12.0. The molecule has 2 unspecified atom stereocenters. The van der Waals surface area contributed by atoms with Crippen molar-refractivity contribution in [3.05, 3.63) is 40.7 Å². The molecule has 3 rings (SSSR count). The molecule has 1 aliphatic carbocycles. The van der Waals surface area contributed by atoms with Gasteiger partial charge in [-0.25, -0.2) is 4.98 Å².